The van der Waals surface area contributed by atoms with Crippen molar-refractivity contribution in [3.63, 3.8) is 0 Å². The van der Waals surface area contributed by atoms with Gasteiger partial charge < -0.3 is 10.2 Å². The van der Waals surface area contributed by atoms with Crippen LogP contribution in [-0.2, 0) is 11.2 Å². The highest BCUT2D eigenvalue weighted by Crippen LogP contribution is 2.14. The minimum absolute atomic E-state index is 0.185. The number of hydrogen-bond acceptors (Lipinski definition) is 2. The van der Waals surface area contributed by atoms with Gasteiger partial charge >= 0.3 is 0 Å². The zero-order valence-electron chi connectivity index (χ0n) is 11.8. The predicted octanol–water partition coefficient (Wildman–Crippen LogP) is 2.08. The molecule has 1 aliphatic heterocycles. The lowest BCUT2D eigenvalue weighted by Crippen LogP contribution is -2.43. The Kier molecular flexibility index (Phi) is 5.40. The maximum absolute atomic E-state index is 12.4. The van der Waals surface area contributed by atoms with Crippen molar-refractivity contribution in [3.8, 4) is 0 Å². The molecule has 0 radical (unpaired) electrons. The second-order valence-corrected chi connectivity index (χ2v) is 5.20. The molecule has 1 heterocycles. The number of carbonyl (C=O) groups excluding carboxylic acids is 1. The van der Waals surface area contributed by atoms with Crippen molar-refractivity contribution in [1.82, 2.24) is 10.2 Å². The van der Waals surface area contributed by atoms with Crippen LogP contribution in [0.15, 0.2) is 30.3 Å². The Morgan fingerprint density at radius 2 is 2.16 bits per heavy atom. The van der Waals surface area contributed by atoms with Crippen LogP contribution in [0.2, 0.25) is 0 Å². The summed E-state index contributed by atoms with van der Waals surface area (Å²) in [6, 6.07) is 10.4. The Labute approximate surface area is 116 Å². The smallest absolute Gasteiger partial charge is 0.226 e. The molecule has 1 atom stereocenters. The van der Waals surface area contributed by atoms with Gasteiger partial charge in [0.25, 0.3) is 0 Å². The average Bonchev–Trinajstić information content (AvgIpc) is 2.49. The molecule has 0 saturated carbocycles. The number of benzene rings is 1. The van der Waals surface area contributed by atoms with Gasteiger partial charge in [0.1, 0.15) is 0 Å². The van der Waals surface area contributed by atoms with E-state index in [9.17, 15) is 4.79 Å². The summed E-state index contributed by atoms with van der Waals surface area (Å²) in [5.74, 6) is 0.509. The summed E-state index contributed by atoms with van der Waals surface area (Å²) in [5.41, 5.74) is 1.30. The van der Waals surface area contributed by atoms with Crippen LogP contribution in [0.5, 0.6) is 0 Å². The standard InChI is InChI=1S/C16H24N2O/c1-2-18(12-10-14-7-4-3-5-8-14)16(19)15-9-6-11-17-13-15/h3-5,7-8,15,17H,2,6,9-13H2,1H3/t15-/m1/s1. The highest BCUT2D eigenvalue weighted by atomic mass is 16.2. The third-order valence-electron chi connectivity index (χ3n) is 3.85. The fraction of sp³-hybridized carbons (Fsp3) is 0.562. The molecule has 1 amide bonds. The minimum Gasteiger partial charge on any atom is -0.342 e. The molecule has 1 aliphatic rings. The molecule has 1 aromatic carbocycles. The lowest BCUT2D eigenvalue weighted by Gasteiger charge is -2.29. The molecule has 1 aromatic rings. The van der Waals surface area contributed by atoms with Crippen LogP contribution in [0.3, 0.4) is 0 Å². The molecule has 104 valence electrons. The third kappa shape index (κ3) is 4.06. The van der Waals surface area contributed by atoms with E-state index < -0.39 is 0 Å². The zero-order chi connectivity index (χ0) is 13.5. The summed E-state index contributed by atoms with van der Waals surface area (Å²) < 4.78 is 0. The van der Waals surface area contributed by atoms with Crippen molar-refractivity contribution in [2.24, 2.45) is 5.92 Å². The first-order valence-electron chi connectivity index (χ1n) is 7.34. The lowest BCUT2D eigenvalue weighted by atomic mass is 9.98. The Bertz CT molecular complexity index is 385. The second kappa shape index (κ2) is 7.29. The number of carbonyl (C=O) groups is 1. The normalized spacial score (nSPS) is 19.1. The first kappa shape index (κ1) is 14.1. The van der Waals surface area contributed by atoms with Crippen molar-refractivity contribution < 1.29 is 4.79 Å². The Hall–Kier alpha value is -1.35. The SMILES string of the molecule is CCN(CCc1ccccc1)C(=O)[C@@H]1CCCNC1. The quantitative estimate of drug-likeness (QED) is 0.879. The van der Waals surface area contributed by atoms with E-state index in [1.165, 1.54) is 5.56 Å². The van der Waals surface area contributed by atoms with Crippen molar-refractivity contribution in [2.75, 3.05) is 26.2 Å². The Morgan fingerprint density at radius 1 is 1.37 bits per heavy atom. The molecule has 1 N–H and O–H groups in total. The topological polar surface area (TPSA) is 32.3 Å². The van der Waals surface area contributed by atoms with E-state index >= 15 is 0 Å². The molecule has 3 heteroatoms. The van der Waals surface area contributed by atoms with E-state index in [-0.39, 0.29) is 5.92 Å². The van der Waals surface area contributed by atoms with Crippen LogP contribution in [0, 0.1) is 5.92 Å². The molecule has 0 aliphatic carbocycles. The van der Waals surface area contributed by atoms with Gasteiger partial charge in [-0.25, -0.2) is 0 Å². The highest BCUT2D eigenvalue weighted by molar-refractivity contribution is 5.79. The molecule has 2 rings (SSSR count). The van der Waals surface area contributed by atoms with Gasteiger partial charge in [0.15, 0.2) is 0 Å². The molecule has 1 fully saturated rings. The fourth-order valence-corrected chi connectivity index (χ4v) is 2.65. The lowest BCUT2D eigenvalue weighted by molar-refractivity contribution is -0.135. The summed E-state index contributed by atoms with van der Waals surface area (Å²) in [6.45, 7) is 5.61. The molecule has 19 heavy (non-hydrogen) atoms. The average molecular weight is 260 g/mol. The first-order chi connectivity index (χ1) is 9.31. The summed E-state index contributed by atoms with van der Waals surface area (Å²) in [5, 5.41) is 3.32. The maximum Gasteiger partial charge on any atom is 0.226 e. The zero-order valence-corrected chi connectivity index (χ0v) is 11.8. The third-order valence-corrected chi connectivity index (χ3v) is 3.85. The van der Waals surface area contributed by atoms with Crippen LogP contribution in [0.4, 0.5) is 0 Å². The molecular weight excluding hydrogens is 236 g/mol. The number of likely N-dealkylation sites (N-methyl/N-ethyl adjacent to an activating group) is 1. The van der Waals surface area contributed by atoms with Crippen LogP contribution >= 0.6 is 0 Å². The van der Waals surface area contributed by atoms with E-state index in [1.54, 1.807) is 0 Å². The second-order valence-electron chi connectivity index (χ2n) is 5.20. The molecule has 0 spiro atoms. The van der Waals surface area contributed by atoms with Gasteiger partial charge in [-0.2, -0.15) is 0 Å². The van der Waals surface area contributed by atoms with Gasteiger partial charge in [-0.1, -0.05) is 30.3 Å². The van der Waals surface area contributed by atoms with Gasteiger partial charge in [-0.15, -0.1) is 0 Å². The molecular formula is C16H24N2O. The monoisotopic (exact) mass is 260 g/mol. The predicted molar refractivity (Wildman–Crippen MR) is 78.0 cm³/mol. The van der Waals surface area contributed by atoms with Gasteiger partial charge in [0.2, 0.25) is 5.91 Å². The maximum atomic E-state index is 12.4. The number of nitrogens with zero attached hydrogens (tertiary/aromatic N) is 1. The molecule has 0 aromatic heterocycles. The number of piperidine rings is 1. The summed E-state index contributed by atoms with van der Waals surface area (Å²) in [4.78, 5) is 14.4. The van der Waals surface area contributed by atoms with E-state index in [0.717, 1.165) is 45.4 Å². The molecule has 3 nitrogen and oxygen atoms in total. The van der Waals surface area contributed by atoms with E-state index in [1.807, 2.05) is 11.0 Å². The minimum atomic E-state index is 0.185. The first-order valence-corrected chi connectivity index (χ1v) is 7.34. The number of nitrogens with one attached hydrogen (secondary N) is 1. The van der Waals surface area contributed by atoms with Crippen LogP contribution in [0.25, 0.3) is 0 Å². The van der Waals surface area contributed by atoms with Gasteiger partial charge in [-0.3, -0.25) is 4.79 Å². The van der Waals surface area contributed by atoms with E-state index in [2.05, 4.69) is 36.5 Å². The summed E-state index contributed by atoms with van der Waals surface area (Å²) in [7, 11) is 0. The van der Waals surface area contributed by atoms with E-state index in [4.69, 9.17) is 0 Å². The Balaban J connectivity index is 1.86. The number of amides is 1. The van der Waals surface area contributed by atoms with E-state index in [0.29, 0.717) is 5.91 Å². The summed E-state index contributed by atoms with van der Waals surface area (Å²) in [6.07, 6.45) is 3.10. The van der Waals surface area contributed by atoms with Crippen LogP contribution in [0.1, 0.15) is 25.3 Å². The summed E-state index contributed by atoms with van der Waals surface area (Å²) >= 11 is 0. The van der Waals surface area contributed by atoms with Crippen molar-refractivity contribution >= 4 is 5.91 Å². The van der Waals surface area contributed by atoms with Crippen molar-refractivity contribution in [1.29, 1.82) is 0 Å². The van der Waals surface area contributed by atoms with Gasteiger partial charge in [0.05, 0.1) is 5.92 Å². The molecule has 1 saturated heterocycles. The van der Waals surface area contributed by atoms with Crippen molar-refractivity contribution in [3.05, 3.63) is 35.9 Å². The molecule has 0 bridgehead atoms. The molecule has 0 unspecified atom stereocenters. The van der Waals surface area contributed by atoms with Gasteiger partial charge in [-0.05, 0) is 38.3 Å². The largest absolute Gasteiger partial charge is 0.342 e. The Morgan fingerprint density at radius 3 is 2.79 bits per heavy atom. The van der Waals surface area contributed by atoms with Crippen LogP contribution in [-0.4, -0.2) is 37.0 Å². The van der Waals surface area contributed by atoms with Crippen LogP contribution < -0.4 is 5.32 Å². The van der Waals surface area contributed by atoms with Gasteiger partial charge in [0, 0.05) is 19.6 Å². The van der Waals surface area contributed by atoms with Crippen molar-refractivity contribution in [2.45, 2.75) is 26.2 Å². The highest BCUT2D eigenvalue weighted by Gasteiger charge is 2.24. The number of rotatable bonds is 5. The fourth-order valence-electron chi connectivity index (χ4n) is 2.65. The number of hydrogen-bond donors (Lipinski definition) is 1.